The van der Waals surface area contributed by atoms with Crippen LogP contribution in [-0.4, -0.2) is 30.2 Å². The van der Waals surface area contributed by atoms with E-state index in [4.69, 9.17) is 9.47 Å². The molecule has 4 rings (SSSR count). The molecule has 0 spiro atoms. The van der Waals surface area contributed by atoms with Crippen LogP contribution in [0.4, 0.5) is 0 Å². The van der Waals surface area contributed by atoms with Crippen molar-refractivity contribution >= 4 is 5.78 Å². The summed E-state index contributed by atoms with van der Waals surface area (Å²) in [6.07, 6.45) is 0. The van der Waals surface area contributed by atoms with Gasteiger partial charge in [0.1, 0.15) is 23.0 Å². The molecule has 0 aliphatic heterocycles. The summed E-state index contributed by atoms with van der Waals surface area (Å²) in [7, 11) is 3.15. The number of hydrogen-bond acceptors (Lipinski definition) is 5. The monoisotopic (exact) mass is 362 g/mol. The molecule has 0 saturated carbocycles. The highest BCUT2D eigenvalue weighted by Crippen LogP contribution is 2.48. The first-order valence-corrected chi connectivity index (χ1v) is 8.47. The van der Waals surface area contributed by atoms with Crippen LogP contribution in [0.2, 0.25) is 0 Å². The Labute approximate surface area is 156 Å². The number of ether oxygens (including phenoxy) is 2. The predicted octanol–water partition coefficient (Wildman–Crippen LogP) is 3.84. The largest absolute Gasteiger partial charge is 0.507 e. The third-order valence-electron chi connectivity index (χ3n) is 4.98. The van der Waals surface area contributed by atoms with Gasteiger partial charge >= 0.3 is 0 Å². The predicted molar refractivity (Wildman–Crippen MR) is 100 cm³/mol. The molecule has 3 aromatic rings. The van der Waals surface area contributed by atoms with Crippen molar-refractivity contribution in [1.29, 1.82) is 0 Å². The van der Waals surface area contributed by atoms with Crippen LogP contribution in [0.1, 0.15) is 38.5 Å². The van der Waals surface area contributed by atoms with E-state index in [-0.39, 0.29) is 34.3 Å². The summed E-state index contributed by atoms with van der Waals surface area (Å²) in [5.41, 5.74) is 2.55. The molecule has 3 aromatic carbocycles. The van der Waals surface area contributed by atoms with E-state index in [1.165, 1.54) is 12.1 Å². The lowest BCUT2D eigenvalue weighted by Crippen LogP contribution is -2.21. The summed E-state index contributed by atoms with van der Waals surface area (Å²) in [6.45, 7) is 0. The average Bonchev–Trinajstić information content (AvgIpc) is 2.68. The Balaban J connectivity index is 2.06. The van der Waals surface area contributed by atoms with Crippen LogP contribution in [0.5, 0.6) is 23.0 Å². The maximum atomic E-state index is 13.0. The number of aromatic hydroxyl groups is 2. The fraction of sp³-hybridized carbons (Fsp3) is 0.136. The number of phenolic OH excluding ortho intramolecular Hbond substituents is 2. The topological polar surface area (TPSA) is 76.0 Å². The lowest BCUT2D eigenvalue weighted by atomic mass is 9.73. The van der Waals surface area contributed by atoms with E-state index in [1.807, 2.05) is 24.3 Å². The van der Waals surface area contributed by atoms with E-state index in [0.29, 0.717) is 22.6 Å². The maximum Gasteiger partial charge on any atom is 0.201 e. The van der Waals surface area contributed by atoms with Crippen molar-refractivity contribution in [1.82, 2.24) is 0 Å². The molecule has 27 heavy (non-hydrogen) atoms. The van der Waals surface area contributed by atoms with Gasteiger partial charge in [-0.05, 0) is 29.3 Å². The van der Waals surface area contributed by atoms with Crippen molar-refractivity contribution in [2.75, 3.05) is 14.2 Å². The molecule has 136 valence electrons. The van der Waals surface area contributed by atoms with Crippen LogP contribution >= 0.6 is 0 Å². The molecule has 0 saturated heterocycles. The van der Waals surface area contributed by atoms with Crippen LogP contribution in [0, 0.1) is 0 Å². The van der Waals surface area contributed by atoms with E-state index in [0.717, 1.165) is 5.56 Å². The van der Waals surface area contributed by atoms with E-state index in [1.54, 1.807) is 32.4 Å². The van der Waals surface area contributed by atoms with Crippen molar-refractivity contribution in [3.05, 3.63) is 82.4 Å². The molecule has 0 radical (unpaired) electrons. The fourth-order valence-electron chi connectivity index (χ4n) is 3.78. The molecule has 5 heteroatoms. The van der Waals surface area contributed by atoms with E-state index >= 15 is 0 Å². The van der Waals surface area contributed by atoms with Crippen LogP contribution in [-0.2, 0) is 0 Å². The lowest BCUT2D eigenvalue weighted by Gasteiger charge is -2.29. The molecule has 1 aliphatic rings. The second-order valence-electron chi connectivity index (χ2n) is 6.35. The minimum absolute atomic E-state index is 0.108. The van der Waals surface area contributed by atoms with Crippen LogP contribution in [0.3, 0.4) is 0 Å². The third-order valence-corrected chi connectivity index (χ3v) is 4.98. The zero-order valence-electron chi connectivity index (χ0n) is 14.9. The molecule has 0 bridgehead atoms. The minimum atomic E-state index is -0.389. The van der Waals surface area contributed by atoms with E-state index < -0.39 is 0 Å². The summed E-state index contributed by atoms with van der Waals surface area (Å²) in [5.74, 6) is 0.257. The van der Waals surface area contributed by atoms with E-state index in [2.05, 4.69) is 0 Å². The first-order valence-electron chi connectivity index (χ1n) is 8.47. The number of ketones is 1. The van der Waals surface area contributed by atoms with Gasteiger partial charge in [-0.15, -0.1) is 0 Å². The number of fused-ring (bicyclic) bond motifs is 2. The molecule has 0 heterocycles. The maximum absolute atomic E-state index is 13.0. The molecular weight excluding hydrogens is 344 g/mol. The summed E-state index contributed by atoms with van der Waals surface area (Å²) < 4.78 is 10.8. The molecule has 1 aliphatic carbocycles. The molecule has 0 amide bonds. The highest BCUT2D eigenvalue weighted by Gasteiger charge is 2.36. The van der Waals surface area contributed by atoms with Gasteiger partial charge in [-0.3, -0.25) is 4.79 Å². The SMILES string of the molecule is COc1ccc(C2c3cccc(O)c3C(=O)c3c(O)cccc32)c(OC)c1. The normalized spacial score (nSPS) is 13.0. The smallest absolute Gasteiger partial charge is 0.201 e. The molecule has 5 nitrogen and oxygen atoms in total. The van der Waals surface area contributed by atoms with Gasteiger partial charge in [-0.25, -0.2) is 0 Å². The Hall–Kier alpha value is -3.47. The molecule has 0 aromatic heterocycles. The van der Waals surface area contributed by atoms with E-state index in [9.17, 15) is 15.0 Å². The Bertz CT molecular complexity index is 999. The van der Waals surface area contributed by atoms with Crippen molar-refractivity contribution in [3.63, 3.8) is 0 Å². The second-order valence-corrected chi connectivity index (χ2v) is 6.35. The summed E-state index contributed by atoms with van der Waals surface area (Å²) in [5, 5.41) is 20.7. The first kappa shape index (κ1) is 17.0. The number of carbonyl (C=O) groups excluding carboxylic acids is 1. The number of benzene rings is 3. The van der Waals surface area contributed by atoms with Gasteiger partial charge in [0.2, 0.25) is 5.78 Å². The van der Waals surface area contributed by atoms with Crippen LogP contribution in [0.15, 0.2) is 54.6 Å². The van der Waals surface area contributed by atoms with Gasteiger partial charge in [0.05, 0.1) is 25.3 Å². The van der Waals surface area contributed by atoms with Crippen molar-refractivity contribution in [3.8, 4) is 23.0 Å². The lowest BCUT2D eigenvalue weighted by molar-refractivity contribution is 0.102. The third kappa shape index (κ3) is 2.51. The number of phenols is 2. The average molecular weight is 362 g/mol. The first-order chi connectivity index (χ1) is 13.1. The number of carbonyl (C=O) groups is 1. The number of methoxy groups -OCH3 is 2. The van der Waals surface area contributed by atoms with Crippen molar-refractivity contribution in [2.24, 2.45) is 0 Å². The molecule has 0 fully saturated rings. The van der Waals surface area contributed by atoms with Crippen LogP contribution in [0.25, 0.3) is 0 Å². The molecular formula is C22H18O5. The Morgan fingerprint density at radius 1 is 0.778 bits per heavy atom. The quantitative estimate of drug-likeness (QED) is 0.579. The molecule has 0 unspecified atom stereocenters. The zero-order chi connectivity index (χ0) is 19.1. The Morgan fingerprint density at radius 3 is 1.89 bits per heavy atom. The van der Waals surface area contributed by atoms with Crippen LogP contribution < -0.4 is 9.47 Å². The summed E-state index contributed by atoms with van der Waals surface area (Å²) in [4.78, 5) is 13.0. The zero-order valence-corrected chi connectivity index (χ0v) is 14.9. The van der Waals surface area contributed by atoms with Gasteiger partial charge < -0.3 is 19.7 Å². The molecule has 2 N–H and O–H groups in total. The van der Waals surface area contributed by atoms with Crippen molar-refractivity contribution < 1.29 is 24.5 Å². The standard InChI is InChI=1S/C22H18O5/c1-26-12-9-10-13(18(11-12)27-2)19-14-5-3-7-16(23)20(14)22(25)21-15(19)6-4-8-17(21)24/h3-11,19,23-24H,1-2H3. The van der Waals surface area contributed by atoms with Gasteiger partial charge in [0, 0.05) is 17.5 Å². The Morgan fingerprint density at radius 2 is 1.37 bits per heavy atom. The second kappa shape index (κ2) is 6.36. The summed E-state index contributed by atoms with van der Waals surface area (Å²) >= 11 is 0. The molecule has 0 atom stereocenters. The Kier molecular flexibility index (Phi) is 4.00. The highest BCUT2D eigenvalue weighted by molar-refractivity contribution is 6.16. The van der Waals surface area contributed by atoms with Crippen molar-refractivity contribution in [2.45, 2.75) is 5.92 Å². The van der Waals surface area contributed by atoms with Gasteiger partial charge in [0.25, 0.3) is 0 Å². The van der Waals surface area contributed by atoms with Gasteiger partial charge in [-0.2, -0.15) is 0 Å². The number of hydrogen-bond donors (Lipinski definition) is 2. The van der Waals surface area contributed by atoms with Gasteiger partial charge in [-0.1, -0.05) is 30.3 Å². The summed E-state index contributed by atoms with van der Waals surface area (Å²) in [6, 6.07) is 15.5. The number of rotatable bonds is 3. The van der Waals surface area contributed by atoms with Gasteiger partial charge in [0.15, 0.2) is 0 Å². The minimum Gasteiger partial charge on any atom is -0.507 e. The fourth-order valence-corrected chi connectivity index (χ4v) is 3.78. The highest BCUT2D eigenvalue weighted by atomic mass is 16.5.